The third-order valence-electron chi connectivity index (χ3n) is 2.73. The molecule has 0 heterocycles. The van der Waals surface area contributed by atoms with Crippen LogP contribution < -0.4 is 5.32 Å². The molecule has 18 heavy (non-hydrogen) atoms. The van der Waals surface area contributed by atoms with Crippen LogP contribution in [0.4, 0.5) is 5.69 Å². The first kappa shape index (κ1) is 15.0. The van der Waals surface area contributed by atoms with Crippen molar-refractivity contribution in [3.05, 3.63) is 29.8 Å². The SMILES string of the molecule is CO[C@@H](C)c1cccc(NCCCS(C)(=O)=O)c1. The second kappa shape index (κ2) is 6.75. The summed E-state index contributed by atoms with van der Waals surface area (Å²) in [6.07, 6.45) is 1.93. The van der Waals surface area contributed by atoms with Gasteiger partial charge in [-0.15, -0.1) is 0 Å². The smallest absolute Gasteiger partial charge is 0.147 e. The van der Waals surface area contributed by atoms with Gasteiger partial charge in [-0.25, -0.2) is 8.42 Å². The van der Waals surface area contributed by atoms with Crippen LogP contribution in [0.3, 0.4) is 0 Å². The molecule has 0 radical (unpaired) electrons. The Hall–Kier alpha value is -1.07. The van der Waals surface area contributed by atoms with Gasteiger partial charge in [-0.2, -0.15) is 0 Å². The van der Waals surface area contributed by atoms with Gasteiger partial charge < -0.3 is 10.1 Å². The van der Waals surface area contributed by atoms with Gasteiger partial charge in [-0.3, -0.25) is 0 Å². The van der Waals surface area contributed by atoms with Gasteiger partial charge in [0.1, 0.15) is 9.84 Å². The Morgan fingerprint density at radius 2 is 2.11 bits per heavy atom. The third-order valence-corrected chi connectivity index (χ3v) is 3.76. The van der Waals surface area contributed by atoms with Crippen LogP contribution in [0, 0.1) is 0 Å². The minimum absolute atomic E-state index is 0.0581. The van der Waals surface area contributed by atoms with Crippen molar-refractivity contribution in [1.82, 2.24) is 0 Å². The average Bonchev–Trinajstić information content (AvgIpc) is 2.33. The lowest BCUT2D eigenvalue weighted by atomic mass is 10.1. The average molecular weight is 271 g/mol. The molecule has 102 valence electrons. The minimum Gasteiger partial charge on any atom is -0.385 e. The molecule has 4 nitrogen and oxygen atoms in total. The Morgan fingerprint density at radius 3 is 2.72 bits per heavy atom. The second-order valence-electron chi connectivity index (χ2n) is 4.41. The Labute approximate surface area is 109 Å². The molecule has 0 aliphatic carbocycles. The Morgan fingerprint density at radius 1 is 1.39 bits per heavy atom. The summed E-state index contributed by atoms with van der Waals surface area (Å²) in [5, 5.41) is 3.22. The van der Waals surface area contributed by atoms with Gasteiger partial charge in [0.25, 0.3) is 0 Å². The van der Waals surface area contributed by atoms with Crippen molar-refractivity contribution in [2.45, 2.75) is 19.4 Å². The van der Waals surface area contributed by atoms with Crippen molar-refractivity contribution in [1.29, 1.82) is 0 Å². The summed E-state index contributed by atoms with van der Waals surface area (Å²) < 4.78 is 27.2. The molecule has 0 fully saturated rings. The first-order valence-electron chi connectivity index (χ1n) is 5.97. The van der Waals surface area contributed by atoms with E-state index in [2.05, 4.69) is 5.32 Å². The maximum atomic E-state index is 11.0. The number of benzene rings is 1. The lowest BCUT2D eigenvalue weighted by Gasteiger charge is -2.12. The van der Waals surface area contributed by atoms with E-state index in [1.165, 1.54) is 6.26 Å². The van der Waals surface area contributed by atoms with Crippen LogP contribution in [0.1, 0.15) is 25.0 Å². The number of sulfone groups is 1. The van der Waals surface area contributed by atoms with Crippen molar-refractivity contribution in [3.63, 3.8) is 0 Å². The zero-order valence-corrected chi connectivity index (χ0v) is 12.0. The van der Waals surface area contributed by atoms with Gasteiger partial charge in [0.2, 0.25) is 0 Å². The van der Waals surface area contributed by atoms with Crippen LogP contribution in [-0.2, 0) is 14.6 Å². The molecule has 0 aliphatic heterocycles. The van der Waals surface area contributed by atoms with Gasteiger partial charge in [-0.05, 0) is 31.0 Å². The molecule has 1 rings (SSSR count). The fraction of sp³-hybridized carbons (Fsp3) is 0.538. The monoisotopic (exact) mass is 271 g/mol. The first-order chi connectivity index (χ1) is 8.42. The summed E-state index contributed by atoms with van der Waals surface area (Å²) in [7, 11) is -1.19. The molecule has 0 unspecified atom stereocenters. The zero-order chi connectivity index (χ0) is 13.6. The quantitative estimate of drug-likeness (QED) is 0.773. The van der Waals surface area contributed by atoms with Crippen LogP contribution in [0.5, 0.6) is 0 Å². The minimum atomic E-state index is -2.86. The van der Waals surface area contributed by atoms with Crippen molar-refractivity contribution < 1.29 is 13.2 Å². The summed E-state index contributed by atoms with van der Waals surface area (Å²) in [6, 6.07) is 7.96. The van der Waals surface area contributed by atoms with E-state index in [4.69, 9.17) is 4.74 Å². The standard InChI is InChI=1S/C13H21NO3S/c1-11(17-2)12-6-4-7-13(10-12)14-8-5-9-18(3,15)16/h4,6-7,10-11,14H,5,8-9H2,1-3H3/t11-/m0/s1. The molecule has 1 aromatic carbocycles. The molecule has 0 aliphatic rings. The largest absolute Gasteiger partial charge is 0.385 e. The van der Waals surface area contributed by atoms with E-state index in [1.54, 1.807) is 7.11 Å². The molecule has 0 amide bonds. The van der Waals surface area contributed by atoms with E-state index >= 15 is 0 Å². The number of anilines is 1. The molecule has 1 aromatic rings. The first-order valence-corrected chi connectivity index (χ1v) is 8.03. The predicted octanol–water partition coefficient (Wildman–Crippen LogP) is 2.24. The number of hydrogen-bond acceptors (Lipinski definition) is 4. The number of methoxy groups -OCH3 is 1. The van der Waals surface area contributed by atoms with E-state index < -0.39 is 9.84 Å². The molecule has 0 saturated carbocycles. The predicted molar refractivity (Wildman–Crippen MR) is 74.7 cm³/mol. The number of hydrogen-bond donors (Lipinski definition) is 1. The van der Waals surface area contributed by atoms with Gasteiger partial charge >= 0.3 is 0 Å². The normalized spacial score (nSPS) is 13.3. The Kier molecular flexibility index (Phi) is 5.62. The summed E-state index contributed by atoms with van der Waals surface area (Å²) >= 11 is 0. The third kappa shape index (κ3) is 5.51. The Balaban J connectivity index is 2.48. The van der Waals surface area contributed by atoms with Gasteiger partial charge in [0.15, 0.2) is 0 Å². The molecule has 0 saturated heterocycles. The number of rotatable bonds is 7. The Bertz CT molecular complexity index is 471. The van der Waals surface area contributed by atoms with Crippen LogP contribution >= 0.6 is 0 Å². The molecular formula is C13H21NO3S. The van der Waals surface area contributed by atoms with Crippen molar-refractivity contribution in [2.24, 2.45) is 0 Å². The summed E-state index contributed by atoms with van der Waals surface area (Å²) in [6.45, 7) is 2.64. The second-order valence-corrected chi connectivity index (χ2v) is 6.67. The lowest BCUT2D eigenvalue weighted by molar-refractivity contribution is 0.119. The van der Waals surface area contributed by atoms with E-state index in [9.17, 15) is 8.42 Å². The van der Waals surface area contributed by atoms with Crippen LogP contribution in [0.15, 0.2) is 24.3 Å². The highest BCUT2D eigenvalue weighted by Crippen LogP contribution is 2.19. The summed E-state index contributed by atoms with van der Waals surface area (Å²) in [5.74, 6) is 0.216. The maximum Gasteiger partial charge on any atom is 0.147 e. The van der Waals surface area contributed by atoms with E-state index in [0.717, 1.165) is 11.3 Å². The molecule has 0 spiro atoms. The highest BCUT2D eigenvalue weighted by atomic mass is 32.2. The molecule has 0 bridgehead atoms. The lowest BCUT2D eigenvalue weighted by Crippen LogP contribution is -2.10. The molecule has 0 aromatic heterocycles. The molecule has 1 atom stereocenters. The van der Waals surface area contributed by atoms with Crippen LogP contribution in [0.2, 0.25) is 0 Å². The summed E-state index contributed by atoms with van der Waals surface area (Å²) in [5.41, 5.74) is 2.09. The van der Waals surface area contributed by atoms with Gasteiger partial charge in [-0.1, -0.05) is 12.1 Å². The summed E-state index contributed by atoms with van der Waals surface area (Å²) in [4.78, 5) is 0. The van der Waals surface area contributed by atoms with Gasteiger partial charge in [0.05, 0.1) is 11.9 Å². The highest BCUT2D eigenvalue weighted by Gasteiger charge is 2.04. The molecular weight excluding hydrogens is 250 g/mol. The van der Waals surface area contributed by atoms with Crippen molar-refractivity contribution >= 4 is 15.5 Å². The van der Waals surface area contributed by atoms with Gasteiger partial charge in [0, 0.05) is 25.6 Å². The number of ether oxygens (including phenoxy) is 1. The number of nitrogens with one attached hydrogen (secondary N) is 1. The molecule has 5 heteroatoms. The fourth-order valence-electron chi connectivity index (χ4n) is 1.60. The molecule has 1 N–H and O–H groups in total. The van der Waals surface area contributed by atoms with E-state index in [0.29, 0.717) is 13.0 Å². The van der Waals surface area contributed by atoms with Crippen molar-refractivity contribution in [3.8, 4) is 0 Å². The maximum absolute atomic E-state index is 11.0. The van der Waals surface area contributed by atoms with Crippen molar-refractivity contribution in [2.75, 3.05) is 31.0 Å². The highest BCUT2D eigenvalue weighted by molar-refractivity contribution is 7.90. The van der Waals surface area contributed by atoms with E-state index in [-0.39, 0.29) is 11.9 Å². The fourth-order valence-corrected chi connectivity index (χ4v) is 2.27. The van der Waals surface area contributed by atoms with Crippen LogP contribution in [-0.4, -0.2) is 34.1 Å². The zero-order valence-electron chi connectivity index (χ0n) is 11.1. The van der Waals surface area contributed by atoms with E-state index in [1.807, 2.05) is 31.2 Å². The van der Waals surface area contributed by atoms with Crippen LogP contribution in [0.25, 0.3) is 0 Å². The topological polar surface area (TPSA) is 55.4 Å².